The first kappa shape index (κ1) is 16.4. The van der Waals surface area contributed by atoms with Gasteiger partial charge in [0.1, 0.15) is 0 Å². The fourth-order valence-corrected chi connectivity index (χ4v) is 4.23. The standard InChI is InChI=1S/C17H18N4O2S2/c22-16(13-9-14(23-20-13)15-5-4-8-24-15)19-17-18-12(11-25-17)10-21-6-2-1-3-7-21/h4-5,8-9,11H,1-3,6-7,10H2,(H,18,19,22). The maximum atomic E-state index is 12.3. The van der Waals surface area contributed by atoms with Gasteiger partial charge in [-0.2, -0.15) is 0 Å². The molecule has 0 aromatic carbocycles. The van der Waals surface area contributed by atoms with Gasteiger partial charge in [-0.1, -0.05) is 17.6 Å². The zero-order chi connectivity index (χ0) is 17.1. The molecule has 3 aromatic heterocycles. The monoisotopic (exact) mass is 374 g/mol. The molecule has 4 rings (SSSR count). The molecule has 25 heavy (non-hydrogen) atoms. The number of nitrogens with zero attached hydrogens (tertiary/aromatic N) is 3. The van der Waals surface area contributed by atoms with Crippen molar-refractivity contribution in [2.45, 2.75) is 25.8 Å². The Hall–Kier alpha value is -2.03. The molecule has 6 nitrogen and oxygen atoms in total. The van der Waals surface area contributed by atoms with E-state index in [1.807, 2.05) is 22.9 Å². The minimum atomic E-state index is -0.301. The van der Waals surface area contributed by atoms with Crippen LogP contribution in [0.3, 0.4) is 0 Å². The average molecular weight is 374 g/mol. The molecule has 1 amide bonds. The number of thiazole rings is 1. The van der Waals surface area contributed by atoms with Crippen LogP contribution in [-0.4, -0.2) is 34.0 Å². The largest absolute Gasteiger partial charge is 0.355 e. The maximum absolute atomic E-state index is 12.3. The number of carbonyl (C=O) groups is 1. The molecule has 0 atom stereocenters. The van der Waals surface area contributed by atoms with Gasteiger partial charge in [0.25, 0.3) is 5.91 Å². The molecule has 0 spiro atoms. The minimum Gasteiger partial charge on any atom is -0.355 e. The zero-order valence-corrected chi connectivity index (χ0v) is 15.2. The lowest BCUT2D eigenvalue weighted by molar-refractivity contribution is 0.101. The van der Waals surface area contributed by atoms with Crippen molar-refractivity contribution in [3.63, 3.8) is 0 Å². The lowest BCUT2D eigenvalue weighted by atomic mass is 10.1. The van der Waals surface area contributed by atoms with E-state index in [2.05, 4.69) is 20.4 Å². The van der Waals surface area contributed by atoms with Crippen molar-refractivity contribution in [2.75, 3.05) is 18.4 Å². The van der Waals surface area contributed by atoms with E-state index in [1.165, 1.54) is 30.6 Å². The molecular weight excluding hydrogens is 356 g/mol. The van der Waals surface area contributed by atoms with Gasteiger partial charge in [0.15, 0.2) is 16.6 Å². The zero-order valence-electron chi connectivity index (χ0n) is 13.6. The van der Waals surface area contributed by atoms with Crippen molar-refractivity contribution in [1.29, 1.82) is 0 Å². The van der Waals surface area contributed by atoms with Crippen molar-refractivity contribution >= 4 is 33.7 Å². The molecule has 130 valence electrons. The van der Waals surface area contributed by atoms with E-state index < -0.39 is 0 Å². The third kappa shape index (κ3) is 3.97. The number of carbonyl (C=O) groups excluding carboxylic acids is 1. The summed E-state index contributed by atoms with van der Waals surface area (Å²) in [6, 6.07) is 5.52. The Morgan fingerprint density at radius 2 is 2.16 bits per heavy atom. The molecule has 3 aromatic rings. The summed E-state index contributed by atoms with van der Waals surface area (Å²) in [4.78, 5) is 20.2. The number of aromatic nitrogens is 2. The molecule has 1 saturated heterocycles. The number of likely N-dealkylation sites (tertiary alicyclic amines) is 1. The molecule has 1 N–H and O–H groups in total. The summed E-state index contributed by atoms with van der Waals surface area (Å²) in [5.74, 6) is 0.301. The van der Waals surface area contributed by atoms with Gasteiger partial charge < -0.3 is 4.52 Å². The van der Waals surface area contributed by atoms with Crippen LogP contribution < -0.4 is 5.32 Å². The van der Waals surface area contributed by atoms with Crippen molar-refractivity contribution in [3.05, 3.63) is 40.3 Å². The summed E-state index contributed by atoms with van der Waals surface area (Å²) in [5.41, 5.74) is 1.26. The van der Waals surface area contributed by atoms with Crippen molar-refractivity contribution in [1.82, 2.24) is 15.0 Å². The SMILES string of the molecule is O=C(Nc1nc(CN2CCCCC2)cs1)c1cc(-c2cccs2)on1. The second kappa shape index (κ2) is 7.47. The van der Waals surface area contributed by atoms with Gasteiger partial charge in [-0.05, 0) is 37.4 Å². The summed E-state index contributed by atoms with van der Waals surface area (Å²) >= 11 is 2.98. The van der Waals surface area contributed by atoms with E-state index in [0.717, 1.165) is 30.2 Å². The van der Waals surface area contributed by atoms with E-state index in [1.54, 1.807) is 17.4 Å². The lowest BCUT2D eigenvalue weighted by Crippen LogP contribution is -2.29. The number of amides is 1. The Balaban J connectivity index is 1.38. The number of piperidine rings is 1. The quantitative estimate of drug-likeness (QED) is 0.728. The van der Waals surface area contributed by atoms with Crippen LogP contribution in [0.1, 0.15) is 35.4 Å². The summed E-state index contributed by atoms with van der Waals surface area (Å²) < 4.78 is 5.25. The molecule has 4 heterocycles. The Kier molecular flexibility index (Phi) is 4.91. The van der Waals surface area contributed by atoms with Crippen molar-refractivity contribution < 1.29 is 9.32 Å². The molecule has 0 saturated carbocycles. The second-order valence-electron chi connectivity index (χ2n) is 5.99. The van der Waals surface area contributed by atoms with Gasteiger partial charge in [0, 0.05) is 18.0 Å². The molecule has 8 heteroatoms. The number of nitrogens with one attached hydrogen (secondary N) is 1. The van der Waals surface area contributed by atoms with E-state index >= 15 is 0 Å². The number of anilines is 1. The number of hydrogen-bond donors (Lipinski definition) is 1. The third-order valence-electron chi connectivity index (χ3n) is 4.11. The van der Waals surface area contributed by atoms with E-state index in [0.29, 0.717) is 10.9 Å². The Bertz CT molecular complexity index is 835. The lowest BCUT2D eigenvalue weighted by Gasteiger charge is -2.25. The van der Waals surface area contributed by atoms with Crippen molar-refractivity contribution in [3.8, 4) is 10.6 Å². The van der Waals surface area contributed by atoms with Gasteiger partial charge in [-0.15, -0.1) is 22.7 Å². The first-order valence-corrected chi connectivity index (χ1v) is 10.0. The summed E-state index contributed by atoms with van der Waals surface area (Å²) in [7, 11) is 0. The molecule has 0 aliphatic carbocycles. The van der Waals surface area contributed by atoms with Crippen LogP contribution in [0.5, 0.6) is 0 Å². The second-order valence-corrected chi connectivity index (χ2v) is 7.79. The fourth-order valence-electron chi connectivity index (χ4n) is 2.86. The molecule has 1 aliphatic rings. The first-order chi connectivity index (χ1) is 12.3. The number of thiophene rings is 1. The van der Waals surface area contributed by atoms with Crippen LogP contribution in [-0.2, 0) is 6.54 Å². The van der Waals surface area contributed by atoms with Gasteiger partial charge in [0.2, 0.25) is 0 Å². The van der Waals surface area contributed by atoms with Gasteiger partial charge >= 0.3 is 0 Å². The average Bonchev–Trinajstić information content (AvgIpc) is 3.37. The fraction of sp³-hybridized carbons (Fsp3) is 0.353. The Morgan fingerprint density at radius 1 is 1.28 bits per heavy atom. The Morgan fingerprint density at radius 3 is 2.96 bits per heavy atom. The predicted molar refractivity (Wildman–Crippen MR) is 99.0 cm³/mol. The first-order valence-electron chi connectivity index (χ1n) is 8.26. The molecule has 1 fully saturated rings. The molecule has 0 radical (unpaired) electrons. The molecule has 0 unspecified atom stereocenters. The topological polar surface area (TPSA) is 71.3 Å². The van der Waals surface area contributed by atoms with Crippen LogP contribution >= 0.6 is 22.7 Å². The van der Waals surface area contributed by atoms with Gasteiger partial charge in [-0.25, -0.2) is 4.98 Å². The number of hydrogen-bond acceptors (Lipinski definition) is 7. The van der Waals surface area contributed by atoms with Crippen LogP contribution in [0.25, 0.3) is 10.6 Å². The van der Waals surface area contributed by atoms with Crippen LogP contribution in [0, 0.1) is 0 Å². The summed E-state index contributed by atoms with van der Waals surface area (Å²) in [6.45, 7) is 3.10. The highest BCUT2D eigenvalue weighted by Crippen LogP contribution is 2.26. The van der Waals surface area contributed by atoms with Crippen LogP contribution in [0.4, 0.5) is 5.13 Å². The van der Waals surface area contributed by atoms with Gasteiger partial charge in [0.05, 0.1) is 10.6 Å². The number of rotatable bonds is 5. The predicted octanol–water partition coefficient (Wildman–Crippen LogP) is 4.10. The van der Waals surface area contributed by atoms with E-state index in [-0.39, 0.29) is 11.6 Å². The maximum Gasteiger partial charge on any atom is 0.279 e. The molecular formula is C17H18N4O2S2. The van der Waals surface area contributed by atoms with Crippen LogP contribution in [0.15, 0.2) is 33.5 Å². The highest BCUT2D eigenvalue weighted by Gasteiger charge is 2.17. The van der Waals surface area contributed by atoms with Crippen molar-refractivity contribution in [2.24, 2.45) is 0 Å². The smallest absolute Gasteiger partial charge is 0.279 e. The third-order valence-corrected chi connectivity index (χ3v) is 5.80. The summed E-state index contributed by atoms with van der Waals surface area (Å²) in [5, 5.41) is 11.2. The summed E-state index contributed by atoms with van der Waals surface area (Å²) in [6.07, 6.45) is 3.83. The van der Waals surface area contributed by atoms with Gasteiger partial charge in [-0.3, -0.25) is 15.0 Å². The minimum absolute atomic E-state index is 0.260. The Labute approximate surface area is 153 Å². The molecule has 1 aliphatic heterocycles. The van der Waals surface area contributed by atoms with E-state index in [4.69, 9.17) is 4.52 Å². The van der Waals surface area contributed by atoms with E-state index in [9.17, 15) is 4.79 Å². The van der Waals surface area contributed by atoms with Crippen LogP contribution in [0.2, 0.25) is 0 Å². The normalized spacial score (nSPS) is 15.4. The highest BCUT2D eigenvalue weighted by atomic mass is 32.1. The highest BCUT2D eigenvalue weighted by molar-refractivity contribution is 7.14. The molecule has 0 bridgehead atoms.